The maximum absolute atomic E-state index is 15.5. The van der Waals surface area contributed by atoms with E-state index in [0.29, 0.717) is 39.2 Å². The number of nitrogens with zero attached hydrogens (tertiary/aromatic N) is 5. The normalized spacial score (nSPS) is 19.2. The fourth-order valence-corrected chi connectivity index (χ4v) is 5.76. The van der Waals surface area contributed by atoms with E-state index in [9.17, 15) is 27.2 Å². The van der Waals surface area contributed by atoms with Crippen LogP contribution in [0.3, 0.4) is 0 Å². The van der Waals surface area contributed by atoms with Gasteiger partial charge in [0, 0.05) is 23.7 Å². The van der Waals surface area contributed by atoms with Crippen molar-refractivity contribution >= 4 is 17.5 Å². The number of carbonyl (C=O) groups is 1. The second-order valence-corrected chi connectivity index (χ2v) is 11.1. The first-order valence-electron chi connectivity index (χ1n) is 13.0. The zero-order valence-electron chi connectivity index (χ0n) is 22.3. The van der Waals surface area contributed by atoms with Crippen LogP contribution in [0, 0.1) is 19.7 Å². The molecule has 1 saturated heterocycles. The number of hydrogen-bond acceptors (Lipinski definition) is 4. The average Bonchev–Trinajstić information content (AvgIpc) is 3.56. The van der Waals surface area contributed by atoms with E-state index in [0.717, 1.165) is 4.90 Å². The van der Waals surface area contributed by atoms with Gasteiger partial charge in [0.25, 0.3) is 17.4 Å². The standard InChI is InChI=1S/C29H23ClF5N5O2/c1-14-9-36-22(17-4-3-5-18(25(17)31)26(41)38-12-29(34,35)13-38)8-23(14)40-15(2)6-21(24(30)27(40)42)20-7-19(20)16-10-37-39(11-16)28(32)33/h3-6,8-11,19-20,28H,7,12-13H2,1-2H3/t19-,20+/m1/s1. The quantitative estimate of drug-likeness (QED) is 0.244. The van der Waals surface area contributed by atoms with Crippen LogP contribution in [-0.2, 0) is 0 Å². The summed E-state index contributed by atoms with van der Waals surface area (Å²) in [6.45, 7) is -0.859. The maximum atomic E-state index is 15.5. The molecule has 1 aromatic carbocycles. The molecule has 6 rings (SSSR count). The molecule has 218 valence electrons. The summed E-state index contributed by atoms with van der Waals surface area (Å²) in [5, 5.41) is 3.67. The van der Waals surface area contributed by atoms with Crippen LogP contribution in [0.5, 0.6) is 0 Å². The first kappa shape index (κ1) is 28.1. The van der Waals surface area contributed by atoms with E-state index in [1.165, 1.54) is 47.4 Å². The molecular formula is C29H23ClF5N5O2. The van der Waals surface area contributed by atoms with E-state index in [1.54, 1.807) is 19.9 Å². The van der Waals surface area contributed by atoms with Crippen LogP contribution in [0.4, 0.5) is 22.0 Å². The first-order valence-corrected chi connectivity index (χ1v) is 13.4. The molecule has 1 saturated carbocycles. The highest BCUT2D eigenvalue weighted by atomic mass is 35.5. The Kier molecular flexibility index (Phi) is 6.71. The molecule has 0 spiro atoms. The van der Waals surface area contributed by atoms with Crippen LogP contribution in [0.15, 0.2) is 53.7 Å². The van der Waals surface area contributed by atoms with Crippen molar-refractivity contribution in [2.45, 2.75) is 44.6 Å². The highest BCUT2D eigenvalue weighted by Crippen LogP contribution is 2.56. The highest BCUT2D eigenvalue weighted by molar-refractivity contribution is 6.31. The number of rotatable bonds is 6. The summed E-state index contributed by atoms with van der Waals surface area (Å²) in [4.78, 5) is 31.4. The SMILES string of the molecule is Cc1cnc(-c2cccc(C(=O)N3CC(F)(F)C3)c2F)cc1-n1c(C)cc([C@H]2C[C@@H]2c2cnn(C(F)F)c2)c(Cl)c1=O. The van der Waals surface area contributed by atoms with Crippen LogP contribution in [0.2, 0.25) is 5.02 Å². The molecule has 1 aliphatic carbocycles. The van der Waals surface area contributed by atoms with Crippen molar-refractivity contribution in [2.75, 3.05) is 13.1 Å². The molecule has 13 heteroatoms. The predicted molar refractivity (Wildman–Crippen MR) is 144 cm³/mol. The molecular weight excluding hydrogens is 581 g/mol. The number of halogens is 6. The predicted octanol–water partition coefficient (Wildman–Crippen LogP) is 6.26. The third-order valence-electron chi connectivity index (χ3n) is 7.75. The van der Waals surface area contributed by atoms with E-state index in [2.05, 4.69) is 10.1 Å². The van der Waals surface area contributed by atoms with Gasteiger partial charge in [0.15, 0.2) is 0 Å². The number of pyridine rings is 2. The molecule has 1 aliphatic heterocycles. The van der Waals surface area contributed by atoms with Gasteiger partial charge in [-0.1, -0.05) is 17.7 Å². The summed E-state index contributed by atoms with van der Waals surface area (Å²) >= 11 is 6.58. The minimum atomic E-state index is -2.99. The molecule has 0 bridgehead atoms. The Bertz CT molecular complexity index is 1800. The summed E-state index contributed by atoms with van der Waals surface area (Å²) in [5.74, 6) is -4.98. The van der Waals surface area contributed by atoms with E-state index < -0.39 is 42.8 Å². The maximum Gasteiger partial charge on any atom is 0.333 e. The number of amides is 1. The lowest BCUT2D eigenvalue weighted by Gasteiger charge is -2.38. The largest absolute Gasteiger partial charge is 0.333 e. The average molecular weight is 604 g/mol. The van der Waals surface area contributed by atoms with Crippen molar-refractivity contribution in [3.63, 3.8) is 0 Å². The van der Waals surface area contributed by atoms with Crippen LogP contribution in [-0.4, -0.2) is 49.2 Å². The van der Waals surface area contributed by atoms with Gasteiger partial charge in [0.1, 0.15) is 10.8 Å². The molecule has 2 atom stereocenters. The lowest BCUT2D eigenvalue weighted by molar-refractivity contribution is -0.113. The number of aromatic nitrogens is 4. The Morgan fingerprint density at radius 1 is 1.12 bits per heavy atom. The van der Waals surface area contributed by atoms with Crippen LogP contribution in [0.25, 0.3) is 16.9 Å². The van der Waals surface area contributed by atoms with Crippen molar-refractivity contribution in [2.24, 2.45) is 0 Å². The summed E-state index contributed by atoms with van der Waals surface area (Å²) < 4.78 is 70.0. The van der Waals surface area contributed by atoms with Crippen molar-refractivity contribution in [1.29, 1.82) is 0 Å². The van der Waals surface area contributed by atoms with Crippen molar-refractivity contribution in [3.8, 4) is 16.9 Å². The fourth-order valence-electron chi connectivity index (χ4n) is 5.48. The fraction of sp³-hybridized carbons (Fsp3) is 0.310. The Hall–Kier alpha value is -4.06. The third-order valence-corrected chi connectivity index (χ3v) is 8.13. The second kappa shape index (κ2) is 10.0. The molecule has 0 radical (unpaired) electrons. The van der Waals surface area contributed by atoms with Crippen LogP contribution < -0.4 is 5.56 Å². The number of aryl methyl sites for hydroxylation is 2. The van der Waals surface area contributed by atoms with E-state index in [1.807, 2.05) is 0 Å². The van der Waals surface area contributed by atoms with Crippen LogP contribution in [0.1, 0.15) is 57.5 Å². The number of benzene rings is 1. The van der Waals surface area contributed by atoms with E-state index in [-0.39, 0.29) is 33.7 Å². The zero-order chi connectivity index (χ0) is 30.1. The van der Waals surface area contributed by atoms with Gasteiger partial charge < -0.3 is 4.90 Å². The number of carbonyl (C=O) groups excluding carboxylic acids is 1. The summed E-state index contributed by atoms with van der Waals surface area (Å²) in [6, 6.07) is 7.35. The van der Waals surface area contributed by atoms with Crippen molar-refractivity contribution < 1.29 is 26.7 Å². The summed E-state index contributed by atoms with van der Waals surface area (Å²) in [5.41, 5.74) is 1.98. The minimum absolute atomic E-state index is 0.0164. The zero-order valence-corrected chi connectivity index (χ0v) is 23.0. The molecule has 42 heavy (non-hydrogen) atoms. The Morgan fingerprint density at radius 2 is 1.86 bits per heavy atom. The topological polar surface area (TPSA) is 73.0 Å². The second-order valence-electron chi connectivity index (χ2n) is 10.7. The molecule has 7 nitrogen and oxygen atoms in total. The first-order chi connectivity index (χ1) is 19.9. The van der Waals surface area contributed by atoms with E-state index in [4.69, 9.17) is 11.6 Å². The summed E-state index contributed by atoms with van der Waals surface area (Å²) in [6.07, 6.45) is 4.76. The molecule has 2 fully saturated rings. The minimum Gasteiger partial charge on any atom is -0.326 e. The number of alkyl halides is 4. The van der Waals surface area contributed by atoms with Gasteiger partial charge in [0.2, 0.25) is 0 Å². The van der Waals surface area contributed by atoms with Gasteiger partial charge in [-0.05, 0) is 73.1 Å². The third kappa shape index (κ3) is 4.77. The lowest BCUT2D eigenvalue weighted by Crippen LogP contribution is -2.58. The van der Waals surface area contributed by atoms with Crippen LogP contribution >= 0.6 is 11.6 Å². The molecule has 4 aromatic rings. The Labute approximate surface area is 241 Å². The monoisotopic (exact) mass is 603 g/mol. The van der Waals surface area contributed by atoms with Crippen molar-refractivity contribution in [1.82, 2.24) is 24.2 Å². The van der Waals surface area contributed by atoms with Gasteiger partial charge in [-0.25, -0.2) is 17.9 Å². The highest BCUT2D eigenvalue weighted by Gasteiger charge is 2.47. The van der Waals surface area contributed by atoms with Gasteiger partial charge in [0.05, 0.1) is 36.2 Å². The Balaban J connectivity index is 1.33. The van der Waals surface area contributed by atoms with Gasteiger partial charge >= 0.3 is 6.55 Å². The summed E-state index contributed by atoms with van der Waals surface area (Å²) in [7, 11) is 0. The molecule has 4 heterocycles. The lowest BCUT2D eigenvalue weighted by atomic mass is 10.0. The molecule has 1 amide bonds. The molecule has 0 unspecified atom stereocenters. The number of hydrogen-bond donors (Lipinski definition) is 0. The van der Waals surface area contributed by atoms with E-state index >= 15 is 4.39 Å². The molecule has 2 aliphatic rings. The number of likely N-dealkylation sites (tertiary alicyclic amines) is 1. The van der Waals surface area contributed by atoms with Crippen molar-refractivity contribution in [3.05, 3.63) is 98.1 Å². The molecule has 0 N–H and O–H groups in total. The van der Waals surface area contributed by atoms with Gasteiger partial charge in [-0.3, -0.25) is 19.1 Å². The van der Waals surface area contributed by atoms with Gasteiger partial charge in [-0.2, -0.15) is 13.9 Å². The smallest absolute Gasteiger partial charge is 0.326 e. The van der Waals surface area contributed by atoms with Gasteiger partial charge in [-0.15, -0.1) is 0 Å². The Morgan fingerprint density at radius 3 is 2.52 bits per heavy atom. The molecule has 3 aromatic heterocycles.